The molecule has 0 radical (unpaired) electrons. The molecule has 0 aliphatic carbocycles. The van der Waals surface area contributed by atoms with Crippen molar-refractivity contribution in [3.63, 3.8) is 0 Å². The highest BCUT2D eigenvalue weighted by Crippen LogP contribution is 2.15. The van der Waals surface area contributed by atoms with Gasteiger partial charge in [-0.3, -0.25) is 4.79 Å². The fourth-order valence-corrected chi connectivity index (χ4v) is 1.95. The summed E-state index contributed by atoms with van der Waals surface area (Å²) in [7, 11) is 0. The molecule has 0 bridgehead atoms. The Hall–Kier alpha value is -1.94. The molecule has 0 amide bonds. The van der Waals surface area contributed by atoms with E-state index in [1.54, 1.807) is 12.3 Å². The first-order valence-electron chi connectivity index (χ1n) is 5.93. The maximum atomic E-state index is 11.7. The van der Waals surface area contributed by atoms with Crippen LogP contribution in [0.5, 0.6) is 0 Å². The number of hydrogen-bond donors (Lipinski definition) is 1. The Bertz CT molecular complexity index is 604. The number of aryl methyl sites for hydroxylation is 2. The molecule has 0 fully saturated rings. The molecular formula is C14H17N3O. The van der Waals surface area contributed by atoms with Crippen molar-refractivity contribution in [1.29, 1.82) is 0 Å². The van der Waals surface area contributed by atoms with E-state index in [9.17, 15) is 4.79 Å². The first-order valence-corrected chi connectivity index (χ1v) is 5.93. The van der Waals surface area contributed by atoms with Crippen LogP contribution < -0.4 is 11.3 Å². The van der Waals surface area contributed by atoms with Crippen molar-refractivity contribution in [2.75, 3.05) is 0 Å². The van der Waals surface area contributed by atoms with E-state index in [0.29, 0.717) is 6.54 Å². The zero-order chi connectivity index (χ0) is 13.1. The number of nitrogens with two attached hydrogens (primary N) is 1. The highest BCUT2D eigenvalue weighted by Gasteiger charge is 2.10. The molecule has 94 valence electrons. The lowest BCUT2D eigenvalue weighted by molar-refractivity contribution is 0.501. The normalized spacial score (nSPS) is 12.4. The van der Waals surface area contributed by atoms with Crippen LogP contribution in [0, 0.1) is 13.8 Å². The van der Waals surface area contributed by atoms with Crippen LogP contribution in [-0.2, 0) is 6.54 Å². The lowest BCUT2D eigenvalue weighted by Crippen LogP contribution is -2.28. The summed E-state index contributed by atoms with van der Waals surface area (Å²) >= 11 is 0. The minimum atomic E-state index is -0.223. The highest BCUT2D eigenvalue weighted by molar-refractivity contribution is 5.28. The van der Waals surface area contributed by atoms with Gasteiger partial charge in [0.1, 0.15) is 0 Å². The summed E-state index contributed by atoms with van der Waals surface area (Å²) in [6.07, 6.45) is 1.67. The molecule has 2 rings (SSSR count). The second-order valence-corrected chi connectivity index (χ2v) is 4.52. The molecule has 0 aliphatic heterocycles. The number of rotatable bonds is 3. The average molecular weight is 243 g/mol. The smallest absolute Gasteiger partial charge is 0.267 e. The summed E-state index contributed by atoms with van der Waals surface area (Å²) < 4.78 is 1.41. The number of aromatic nitrogens is 2. The summed E-state index contributed by atoms with van der Waals surface area (Å²) in [4.78, 5) is 11.7. The van der Waals surface area contributed by atoms with Crippen LogP contribution in [-0.4, -0.2) is 9.78 Å². The minimum Gasteiger partial charge on any atom is -0.322 e. The standard InChI is InChI=1S/C14H17N3O/c1-10-7-14(18)17(16-8-10)9-13(15)12-6-4-3-5-11(12)2/h3-8,13H,9,15H2,1-2H3. The Kier molecular flexibility index (Phi) is 3.58. The Balaban J connectivity index is 2.24. The first kappa shape index (κ1) is 12.5. The van der Waals surface area contributed by atoms with Gasteiger partial charge in [-0.15, -0.1) is 0 Å². The number of hydrogen-bond acceptors (Lipinski definition) is 3. The van der Waals surface area contributed by atoms with Crippen molar-refractivity contribution in [2.45, 2.75) is 26.4 Å². The molecule has 4 nitrogen and oxygen atoms in total. The lowest BCUT2D eigenvalue weighted by Gasteiger charge is -2.15. The third-order valence-corrected chi connectivity index (χ3v) is 2.96. The fraction of sp³-hybridized carbons (Fsp3) is 0.286. The van der Waals surface area contributed by atoms with E-state index >= 15 is 0 Å². The summed E-state index contributed by atoms with van der Waals surface area (Å²) in [5.74, 6) is 0. The van der Waals surface area contributed by atoms with Gasteiger partial charge in [0.05, 0.1) is 12.7 Å². The number of nitrogens with zero attached hydrogens (tertiary/aromatic N) is 2. The molecule has 0 spiro atoms. The summed E-state index contributed by atoms with van der Waals surface area (Å²) in [5, 5.41) is 4.10. The molecule has 0 saturated carbocycles. The van der Waals surface area contributed by atoms with Gasteiger partial charge in [0.15, 0.2) is 0 Å². The molecule has 18 heavy (non-hydrogen) atoms. The van der Waals surface area contributed by atoms with E-state index < -0.39 is 0 Å². The monoisotopic (exact) mass is 243 g/mol. The van der Waals surface area contributed by atoms with Gasteiger partial charge in [0.2, 0.25) is 0 Å². The second kappa shape index (κ2) is 5.14. The Labute approximate surface area is 106 Å². The third kappa shape index (κ3) is 2.65. The minimum absolute atomic E-state index is 0.112. The van der Waals surface area contributed by atoms with Crippen LogP contribution in [0.2, 0.25) is 0 Å². The summed E-state index contributed by atoms with van der Waals surface area (Å²) in [5.41, 5.74) is 9.06. The Morgan fingerprint density at radius 1 is 1.33 bits per heavy atom. The van der Waals surface area contributed by atoms with Gasteiger partial charge >= 0.3 is 0 Å². The van der Waals surface area contributed by atoms with Gasteiger partial charge in [-0.2, -0.15) is 5.10 Å². The van der Waals surface area contributed by atoms with Crippen molar-refractivity contribution < 1.29 is 0 Å². The molecule has 0 aliphatic rings. The first-order chi connectivity index (χ1) is 8.58. The molecule has 1 unspecified atom stereocenters. The molecule has 4 heteroatoms. The molecule has 1 atom stereocenters. The van der Waals surface area contributed by atoms with Crippen molar-refractivity contribution in [3.8, 4) is 0 Å². The molecule has 2 aromatic rings. The van der Waals surface area contributed by atoms with Crippen LogP contribution in [0.3, 0.4) is 0 Å². The van der Waals surface area contributed by atoms with Crippen LogP contribution in [0.4, 0.5) is 0 Å². The van der Waals surface area contributed by atoms with Gasteiger partial charge < -0.3 is 5.73 Å². The fourth-order valence-electron chi connectivity index (χ4n) is 1.95. The van der Waals surface area contributed by atoms with Gasteiger partial charge in [-0.25, -0.2) is 4.68 Å². The van der Waals surface area contributed by atoms with Crippen LogP contribution in [0.15, 0.2) is 41.3 Å². The predicted molar refractivity (Wildman–Crippen MR) is 71.3 cm³/mol. The summed E-state index contributed by atoms with van der Waals surface area (Å²) in [6.45, 7) is 4.25. The Morgan fingerprint density at radius 3 is 2.72 bits per heavy atom. The second-order valence-electron chi connectivity index (χ2n) is 4.52. The maximum absolute atomic E-state index is 11.7. The quantitative estimate of drug-likeness (QED) is 0.890. The zero-order valence-electron chi connectivity index (χ0n) is 10.6. The molecule has 2 N–H and O–H groups in total. The predicted octanol–water partition coefficient (Wildman–Crippen LogP) is 1.56. The Morgan fingerprint density at radius 2 is 2.06 bits per heavy atom. The van der Waals surface area contributed by atoms with Gasteiger partial charge in [-0.1, -0.05) is 24.3 Å². The molecule has 1 heterocycles. The molecule has 1 aromatic carbocycles. The van der Waals surface area contributed by atoms with Crippen molar-refractivity contribution >= 4 is 0 Å². The van der Waals surface area contributed by atoms with E-state index in [1.807, 2.05) is 38.1 Å². The number of benzene rings is 1. The highest BCUT2D eigenvalue weighted by atomic mass is 16.1. The molecule has 1 aromatic heterocycles. The zero-order valence-corrected chi connectivity index (χ0v) is 10.6. The lowest BCUT2D eigenvalue weighted by atomic mass is 10.0. The van der Waals surface area contributed by atoms with E-state index in [-0.39, 0.29) is 11.6 Å². The largest absolute Gasteiger partial charge is 0.322 e. The maximum Gasteiger partial charge on any atom is 0.267 e. The topological polar surface area (TPSA) is 60.9 Å². The van der Waals surface area contributed by atoms with Crippen molar-refractivity contribution in [3.05, 3.63) is 63.6 Å². The van der Waals surface area contributed by atoms with Crippen LogP contribution in [0.1, 0.15) is 22.7 Å². The van der Waals surface area contributed by atoms with Crippen molar-refractivity contribution in [1.82, 2.24) is 9.78 Å². The van der Waals surface area contributed by atoms with Gasteiger partial charge in [0.25, 0.3) is 5.56 Å². The molecular weight excluding hydrogens is 226 g/mol. The van der Waals surface area contributed by atoms with Crippen molar-refractivity contribution in [2.24, 2.45) is 5.73 Å². The van der Waals surface area contributed by atoms with E-state index in [4.69, 9.17) is 5.73 Å². The van der Waals surface area contributed by atoms with E-state index in [2.05, 4.69) is 5.10 Å². The van der Waals surface area contributed by atoms with Crippen LogP contribution >= 0.6 is 0 Å². The third-order valence-electron chi connectivity index (χ3n) is 2.96. The summed E-state index contributed by atoms with van der Waals surface area (Å²) in [6, 6.07) is 9.27. The van der Waals surface area contributed by atoms with E-state index in [0.717, 1.165) is 16.7 Å². The molecule has 0 saturated heterocycles. The average Bonchev–Trinajstić information content (AvgIpc) is 2.33. The van der Waals surface area contributed by atoms with E-state index in [1.165, 1.54) is 4.68 Å². The van der Waals surface area contributed by atoms with Crippen LogP contribution in [0.25, 0.3) is 0 Å². The SMILES string of the molecule is Cc1cnn(CC(N)c2ccccc2C)c(=O)c1. The van der Waals surface area contributed by atoms with Gasteiger partial charge in [0, 0.05) is 12.1 Å². The van der Waals surface area contributed by atoms with Gasteiger partial charge in [-0.05, 0) is 30.5 Å².